The first-order valence-corrected chi connectivity index (χ1v) is 6.75. The van der Waals surface area contributed by atoms with E-state index < -0.39 is 12.0 Å². The first-order valence-electron chi connectivity index (χ1n) is 6.75. The number of carboxylic acid groups (broad SMARTS) is 1. The van der Waals surface area contributed by atoms with Crippen LogP contribution in [-0.2, 0) is 9.59 Å². The van der Waals surface area contributed by atoms with E-state index >= 15 is 0 Å². The Hall–Kier alpha value is -2.38. The predicted octanol–water partition coefficient (Wildman–Crippen LogP) is -0.134. The highest BCUT2D eigenvalue weighted by Crippen LogP contribution is 2.19. The van der Waals surface area contributed by atoms with Crippen LogP contribution in [0.2, 0.25) is 0 Å². The lowest BCUT2D eigenvalue weighted by molar-refractivity contribution is -0.140. The van der Waals surface area contributed by atoms with E-state index in [0.29, 0.717) is 31.5 Å². The topological polar surface area (TPSA) is 119 Å². The van der Waals surface area contributed by atoms with Gasteiger partial charge in [0.15, 0.2) is 0 Å². The molecule has 1 aromatic rings. The van der Waals surface area contributed by atoms with Crippen LogP contribution < -0.4 is 5.73 Å². The fraction of sp³-hybridized carbons (Fsp3) is 0.538. The second kappa shape index (κ2) is 5.94. The largest absolute Gasteiger partial charge is 0.480 e. The van der Waals surface area contributed by atoms with Crippen LogP contribution in [0.1, 0.15) is 36.2 Å². The Bertz CT molecular complexity index is 560. The summed E-state index contributed by atoms with van der Waals surface area (Å²) in [6, 6.07) is -0.827. The van der Waals surface area contributed by atoms with E-state index in [0.717, 1.165) is 0 Å². The van der Waals surface area contributed by atoms with Gasteiger partial charge in [-0.1, -0.05) is 0 Å². The first kappa shape index (κ1) is 15.0. The number of hydrogen-bond acceptors (Lipinski definition) is 4. The number of nitrogens with zero attached hydrogens (tertiary/aromatic N) is 3. The van der Waals surface area contributed by atoms with Gasteiger partial charge in [-0.15, -0.1) is 0 Å². The number of hydrogen-bond donors (Lipinski definition) is 2. The molecule has 0 spiro atoms. The molecule has 1 fully saturated rings. The van der Waals surface area contributed by atoms with Crippen molar-refractivity contribution in [1.29, 1.82) is 0 Å². The number of carboxylic acids is 1. The zero-order chi connectivity index (χ0) is 15.6. The maximum atomic E-state index is 12.3. The van der Waals surface area contributed by atoms with Crippen LogP contribution in [-0.4, -0.2) is 50.7 Å². The molecule has 1 aromatic heterocycles. The third-order valence-electron chi connectivity index (χ3n) is 3.79. The Morgan fingerprint density at radius 2 is 2.00 bits per heavy atom. The molecule has 3 N–H and O–H groups in total. The molecule has 1 saturated heterocycles. The van der Waals surface area contributed by atoms with Crippen LogP contribution in [0.15, 0.2) is 12.4 Å². The van der Waals surface area contributed by atoms with Crippen molar-refractivity contribution in [1.82, 2.24) is 14.7 Å². The number of primary amides is 1. The molecular formula is C13H18N4O4. The van der Waals surface area contributed by atoms with E-state index in [-0.39, 0.29) is 17.7 Å². The number of piperidine rings is 1. The van der Waals surface area contributed by atoms with Crippen molar-refractivity contribution in [3.63, 3.8) is 0 Å². The lowest BCUT2D eigenvalue weighted by atomic mass is 9.96. The van der Waals surface area contributed by atoms with Crippen molar-refractivity contribution in [2.45, 2.75) is 25.8 Å². The first-order chi connectivity index (χ1) is 9.90. The molecular weight excluding hydrogens is 276 g/mol. The van der Waals surface area contributed by atoms with Crippen molar-refractivity contribution < 1.29 is 19.5 Å². The highest BCUT2D eigenvalue weighted by Gasteiger charge is 2.27. The molecule has 1 aliphatic heterocycles. The number of nitrogens with two attached hydrogens (primary N) is 1. The molecule has 2 amide bonds. The summed E-state index contributed by atoms with van der Waals surface area (Å²) in [5.41, 5.74) is 5.60. The third-order valence-corrected chi connectivity index (χ3v) is 3.79. The van der Waals surface area contributed by atoms with E-state index in [1.165, 1.54) is 24.0 Å². The van der Waals surface area contributed by atoms with Crippen molar-refractivity contribution in [3.05, 3.63) is 18.0 Å². The molecule has 114 valence electrons. The smallest absolute Gasteiger partial charge is 0.328 e. The Morgan fingerprint density at radius 3 is 2.52 bits per heavy atom. The van der Waals surface area contributed by atoms with Crippen LogP contribution >= 0.6 is 0 Å². The summed E-state index contributed by atoms with van der Waals surface area (Å²) in [6.45, 7) is 2.42. The van der Waals surface area contributed by atoms with E-state index in [1.54, 1.807) is 4.90 Å². The quantitative estimate of drug-likeness (QED) is 0.801. The van der Waals surface area contributed by atoms with Crippen LogP contribution in [0.3, 0.4) is 0 Å². The fourth-order valence-corrected chi connectivity index (χ4v) is 2.32. The molecule has 2 rings (SSSR count). The molecule has 8 nitrogen and oxygen atoms in total. The SMILES string of the molecule is CC(C(=O)O)n1cc(C(=O)N2CCC(C(N)=O)CC2)cn1. The average molecular weight is 294 g/mol. The van der Waals surface area contributed by atoms with E-state index in [2.05, 4.69) is 5.10 Å². The van der Waals surface area contributed by atoms with E-state index in [1.807, 2.05) is 0 Å². The normalized spacial score (nSPS) is 17.5. The molecule has 2 heterocycles. The Kier molecular flexibility index (Phi) is 4.25. The summed E-state index contributed by atoms with van der Waals surface area (Å²) in [5.74, 6) is -1.73. The van der Waals surface area contributed by atoms with Gasteiger partial charge in [-0.2, -0.15) is 5.10 Å². The maximum Gasteiger partial charge on any atom is 0.328 e. The van der Waals surface area contributed by atoms with Gasteiger partial charge in [-0.3, -0.25) is 14.3 Å². The zero-order valence-electron chi connectivity index (χ0n) is 11.7. The molecule has 1 unspecified atom stereocenters. The molecule has 21 heavy (non-hydrogen) atoms. The maximum absolute atomic E-state index is 12.3. The Balaban J connectivity index is 2.01. The Labute approximate surface area is 121 Å². The fourth-order valence-electron chi connectivity index (χ4n) is 2.32. The number of amides is 2. The summed E-state index contributed by atoms with van der Waals surface area (Å²) < 4.78 is 1.24. The van der Waals surface area contributed by atoms with Crippen molar-refractivity contribution in [3.8, 4) is 0 Å². The molecule has 0 saturated carbocycles. The Morgan fingerprint density at radius 1 is 1.38 bits per heavy atom. The molecule has 8 heteroatoms. The lowest BCUT2D eigenvalue weighted by Crippen LogP contribution is -2.41. The second-order valence-corrected chi connectivity index (χ2v) is 5.19. The van der Waals surface area contributed by atoms with Crippen LogP contribution in [0.4, 0.5) is 0 Å². The highest BCUT2D eigenvalue weighted by atomic mass is 16.4. The van der Waals surface area contributed by atoms with Crippen molar-refractivity contribution in [2.75, 3.05) is 13.1 Å². The minimum atomic E-state index is -1.01. The predicted molar refractivity (Wildman–Crippen MR) is 72.4 cm³/mol. The van der Waals surface area contributed by atoms with Gasteiger partial charge >= 0.3 is 5.97 Å². The van der Waals surface area contributed by atoms with Gasteiger partial charge in [-0.25, -0.2) is 4.79 Å². The number of carbonyl (C=O) groups excluding carboxylic acids is 2. The average Bonchev–Trinajstić information content (AvgIpc) is 2.95. The number of likely N-dealkylation sites (tertiary alicyclic amines) is 1. The van der Waals surface area contributed by atoms with Gasteiger partial charge in [0.2, 0.25) is 5.91 Å². The minimum absolute atomic E-state index is 0.177. The van der Waals surface area contributed by atoms with Crippen LogP contribution in [0, 0.1) is 5.92 Å². The van der Waals surface area contributed by atoms with Gasteiger partial charge in [0.25, 0.3) is 5.91 Å². The van der Waals surface area contributed by atoms with Gasteiger partial charge in [0.05, 0.1) is 11.8 Å². The summed E-state index contributed by atoms with van der Waals surface area (Å²) in [4.78, 5) is 35.9. The molecule has 0 aliphatic carbocycles. The van der Waals surface area contributed by atoms with Gasteiger partial charge in [0, 0.05) is 25.2 Å². The number of carbonyl (C=O) groups is 3. The zero-order valence-corrected chi connectivity index (χ0v) is 11.7. The van der Waals surface area contributed by atoms with E-state index in [4.69, 9.17) is 10.8 Å². The standard InChI is InChI=1S/C13H18N4O4/c1-8(13(20)21)17-7-10(6-15-17)12(19)16-4-2-9(3-5-16)11(14)18/h6-9H,2-5H2,1H3,(H2,14,18)(H,20,21). The highest BCUT2D eigenvalue weighted by molar-refractivity contribution is 5.94. The summed E-state index contributed by atoms with van der Waals surface area (Å²) in [7, 11) is 0. The second-order valence-electron chi connectivity index (χ2n) is 5.19. The monoisotopic (exact) mass is 294 g/mol. The van der Waals surface area contributed by atoms with Crippen LogP contribution in [0.25, 0.3) is 0 Å². The van der Waals surface area contributed by atoms with Crippen LogP contribution in [0.5, 0.6) is 0 Å². The number of rotatable bonds is 4. The molecule has 0 aromatic carbocycles. The number of aliphatic carboxylic acids is 1. The molecule has 0 bridgehead atoms. The molecule has 0 radical (unpaired) electrons. The van der Waals surface area contributed by atoms with Gasteiger partial charge in [-0.05, 0) is 19.8 Å². The van der Waals surface area contributed by atoms with Crippen molar-refractivity contribution in [2.24, 2.45) is 11.7 Å². The summed E-state index contributed by atoms with van der Waals surface area (Å²) in [6.07, 6.45) is 3.91. The third kappa shape index (κ3) is 3.21. The van der Waals surface area contributed by atoms with Crippen molar-refractivity contribution >= 4 is 17.8 Å². The minimum Gasteiger partial charge on any atom is -0.480 e. The summed E-state index contributed by atoms with van der Waals surface area (Å²) in [5, 5.41) is 12.8. The summed E-state index contributed by atoms with van der Waals surface area (Å²) >= 11 is 0. The van der Waals surface area contributed by atoms with Gasteiger partial charge < -0.3 is 15.7 Å². The molecule has 1 aliphatic rings. The lowest BCUT2D eigenvalue weighted by Gasteiger charge is -2.30. The molecule has 1 atom stereocenters. The van der Waals surface area contributed by atoms with E-state index in [9.17, 15) is 14.4 Å². The number of aromatic nitrogens is 2. The van der Waals surface area contributed by atoms with Gasteiger partial charge in [0.1, 0.15) is 6.04 Å².